The van der Waals surface area contributed by atoms with Crippen molar-refractivity contribution in [3.63, 3.8) is 0 Å². The minimum atomic E-state index is 0.492. The first kappa shape index (κ1) is 12.4. The minimum absolute atomic E-state index is 0.492. The van der Waals surface area contributed by atoms with Crippen molar-refractivity contribution in [2.45, 2.75) is 32.2 Å². The average Bonchev–Trinajstić information content (AvgIpc) is 3.15. The molecule has 1 fully saturated rings. The molecule has 6 heteroatoms. The molecule has 19 heavy (non-hydrogen) atoms. The zero-order chi connectivity index (χ0) is 13.4. The summed E-state index contributed by atoms with van der Waals surface area (Å²) in [6, 6.07) is 0. The summed E-state index contributed by atoms with van der Waals surface area (Å²) in [6.07, 6.45) is 6.04. The lowest BCUT2D eigenvalue weighted by atomic mass is 10.3. The quantitative estimate of drug-likeness (QED) is 0.873. The normalized spacial score (nSPS) is 14.7. The van der Waals surface area contributed by atoms with E-state index in [-0.39, 0.29) is 0 Å². The van der Waals surface area contributed by atoms with Crippen molar-refractivity contribution >= 4 is 17.4 Å². The van der Waals surface area contributed by atoms with Crippen LogP contribution in [0.3, 0.4) is 0 Å². The summed E-state index contributed by atoms with van der Waals surface area (Å²) in [5, 5.41) is 3.84. The van der Waals surface area contributed by atoms with Gasteiger partial charge in [0.15, 0.2) is 0 Å². The Hall–Kier alpha value is -1.62. The summed E-state index contributed by atoms with van der Waals surface area (Å²) >= 11 is 6.17. The standard InChI is InChI=1S/C13H16ClN5/c1-8-11(14)17-13(9-3-4-9)18-12(8)16-7-10-15-5-6-19(10)2/h5-6,9H,3-4,7H2,1-2H3,(H,16,17,18). The Kier molecular flexibility index (Phi) is 3.14. The highest BCUT2D eigenvalue weighted by Gasteiger charge is 2.28. The van der Waals surface area contributed by atoms with Crippen LogP contribution in [0.4, 0.5) is 5.82 Å². The van der Waals surface area contributed by atoms with Gasteiger partial charge in [-0.3, -0.25) is 0 Å². The van der Waals surface area contributed by atoms with Crippen LogP contribution < -0.4 is 5.32 Å². The van der Waals surface area contributed by atoms with Gasteiger partial charge in [0.2, 0.25) is 0 Å². The van der Waals surface area contributed by atoms with E-state index in [2.05, 4.69) is 20.3 Å². The molecule has 0 bridgehead atoms. The van der Waals surface area contributed by atoms with E-state index in [1.807, 2.05) is 24.7 Å². The van der Waals surface area contributed by atoms with Crippen LogP contribution in [0.15, 0.2) is 12.4 Å². The number of imidazole rings is 1. The van der Waals surface area contributed by atoms with Gasteiger partial charge in [-0.2, -0.15) is 0 Å². The van der Waals surface area contributed by atoms with Gasteiger partial charge >= 0.3 is 0 Å². The van der Waals surface area contributed by atoms with Crippen molar-refractivity contribution < 1.29 is 0 Å². The van der Waals surface area contributed by atoms with Gasteiger partial charge in [-0.15, -0.1) is 0 Å². The third-order valence-electron chi connectivity index (χ3n) is 3.38. The van der Waals surface area contributed by atoms with E-state index in [4.69, 9.17) is 11.6 Å². The minimum Gasteiger partial charge on any atom is -0.362 e. The third-order valence-corrected chi connectivity index (χ3v) is 3.75. The van der Waals surface area contributed by atoms with Gasteiger partial charge in [0.05, 0.1) is 6.54 Å². The number of nitrogens with one attached hydrogen (secondary N) is 1. The largest absolute Gasteiger partial charge is 0.362 e. The lowest BCUT2D eigenvalue weighted by Crippen LogP contribution is -2.10. The molecule has 2 aromatic rings. The van der Waals surface area contributed by atoms with Crippen LogP contribution in [-0.4, -0.2) is 19.5 Å². The summed E-state index contributed by atoms with van der Waals surface area (Å²) in [5.41, 5.74) is 0.889. The Balaban J connectivity index is 1.81. The second-order valence-corrected chi connectivity index (χ2v) is 5.29. The molecule has 1 saturated carbocycles. The lowest BCUT2D eigenvalue weighted by molar-refractivity contribution is 0.807. The van der Waals surface area contributed by atoms with Crippen LogP contribution in [0.5, 0.6) is 0 Å². The van der Waals surface area contributed by atoms with Gasteiger partial charge in [-0.05, 0) is 19.8 Å². The summed E-state index contributed by atoms with van der Waals surface area (Å²) in [7, 11) is 1.97. The fourth-order valence-corrected chi connectivity index (χ4v) is 2.11. The van der Waals surface area contributed by atoms with Crippen molar-refractivity contribution in [1.29, 1.82) is 0 Å². The van der Waals surface area contributed by atoms with Gasteiger partial charge in [0.1, 0.15) is 22.6 Å². The highest BCUT2D eigenvalue weighted by atomic mass is 35.5. The SMILES string of the molecule is Cc1c(Cl)nc(C2CC2)nc1NCc1nccn1C. The van der Waals surface area contributed by atoms with E-state index in [1.165, 1.54) is 0 Å². The van der Waals surface area contributed by atoms with Crippen molar-refractivity contribution in [2.24, 2.45) is 7.05 Å². The van der Waals surface area contributed by atoms with Crippen LogP contribution in [0.25, 0.3) is 0 Å². The van der Waals surface area contributed by atoms with Crippen molar-refractivity contribution in [3.8, 4) is 0 Å². The summed E-state index contributed by atoms with van der Waals surface area (Å²) in [5.74, 6) is 3.12. The maximum Gasteiger partial charge on any atom is 0.137 e. The summed E-state index contributed by atoms with van der Waals surface area (Å²) in [6.45, 7) is 2.56. The number of halogens is 1. The van der Waals surface area contributed by atoms with Gasteiger partial charge in [0, 0.05) is 30.9 Å². The molecule has 1 N–H and O–H groups in total. The number of aromatic nitrogens is 4. The Morgan fingerprint density at radius 3 is 2.84 bits per heavy atom. The number of nitrogens with zero attached hydrogens (tertiary/aromatic N) is 4. The van der Waals surface area contributed by atoms with Gasteiger partial charge in [-0.25, -0.2) is 15.0 Å². The molecule has 5 nitrogen and oxygen atoms in total. The van der Waals surface area contributed by atoms with Crippen LogP contribution in [0, 0.1) is 6.92 Å². The van der Waals surface area contributed by atoms with Crippen molar-refractivity contribution in [1.82, 2.24) is 19.5 Å². The molecule has 0 atom stereocenters. The van der Waals surface area contributed by atoms with E-state index >= 15 is 0 Å². The Labute approximate surface area is 117 Å². The fraction of sp³-hybridized carbons (Fsp3) is 0.462. The predicted molar refractivity (Wildman–Crippen MR) is 74.3 cm³/mol. The molecule has 0 aliphatic heterocycles. The summed E-state index contributed by atoms with van der Waals surface area (Å²) in [4.78, 5) is 13.2. The Morgan fingerprint density at radius 2 is 2.21 bits per heavy atom. The number of hydrogen-bond acceptors (Lipinski definition) is 4. The zero-order valence-electron chi connectivity index (χ0n) is 11.0. The topological polar surface area (TPSA) is 55.6 Å². The first-order chi connectivity index (χ1) is 9.15. The van der Waals surface area contributed by atoms with Gasteiger partial charge in [-0.1, -0.05) is 11.6 Å². The first-order valence-electron chi connectivity index (χ1n) is 6.39. The van der Waals surface area contributed by atoms with E-state index in [0.29, 0.717) is 17.6 Å². The molecule has 2 heterocycles. The smallest absolute Gasteiger partial charge is 0.137 e. The number of anilines is 1. The number of rotatable bonds is 4. The van der Waals surface area contributed by atoms with Crippen molar-refractivity contribution in [2.75, 3.05) is 5.32 Å². The molecule has 100 valence electrons. The molecular formula is C13H16ClN5. The van der Waals surface area contributed by atoms with Gasteiger partial charge in [0.25, 0.3) is 0 Å². The maximum atomic E-state index is 6.17. The molecule has 2 aromatic heterocycles. The molecule has 0 amide bonds. The molecule has 0 unspecified atom stereocenters. The monoisotopic (exact) mass is 277 g/mol. The summed E-state index contributed by atoms with van der Waals surface area (Å²) < 4.78 is 1.98. The molecule has 0 radical (unpaired) electrons. The predicted octanol–water partition coefficient (Wildman–Crippen LogP) is 2.66. The van der Waals surface area contributed by atoms with E-state index < -0.39 is 0 Å². The molecule has 0 spiro atoms. The van der Waals surface area contributed by atoms with Gasteiger partial charge < -0.3 is 9.88 Å². The van der Waals surface area contributed by atoms with E-state index in [9.17, 15) is 0 Å². The van der Waals surface area contributed by atoms with Crippen LogP contribution in [0.2, 0.25) is 5.15 Å². The molecule has 0 saturated heterocycles. The Bertz CT molecular complexity index is 603. The van der Waals surface area contributed by atoms with Crippen LogP contribution >= 0.6 is 11.6 Å². The first-order valence-corrected chi connectivity index (χ1v) is 6.77. The molecule has 1 aliphatic carbocycles. The average molecular weight is 278 g/mol. The fourth-order valence-electron chi connectivity index (χ4n) is 1.93. The number of aryl methyl sites for hydroxylation is 1. The second-order valence-electron chi connectivity index (χ2n) is 4.93. The highest BCUT2D eigenvalue weighted by Crippen LogP contribution is 2.39. The second kappa shape index (κ2) is 4.81. The molecule has 1 aliphatic rings. The van der Waals surface area contributed by atoms with Crippen molar-refractivity contribution in [3.05, 3.63) is 34.8 Å². The van der Waals surface area contributed by atoms with Crippen LogP contribution in [0.1, 0.15) is 36.0 Å². The Morgan fingerprint density at radius 1 is 1.42 bits per heavy atom. The lowest BCUT2D eigenvalue weighted by Gasteiger charge is -2.11. The third kappa shape index (κ3) is 2.56. The van der Waals surface area contributed by atoms with Crippen LogP contribution in [-0.2, 0) is 13.6 Å². The number of hydrogen-bond donors (Lipinski definition) is 1. The maximum absolute atomic E-state index is 6.17. The zero-order valence-corrected chi connectivity index (χ0v) is 11.8. The molecule has 3 rings (SSSR count). The van der Waals surface area contributed by atoms with E-state index in [1.54, 1.807) is 6.20 Å². The molecule has 0 aromatic carbocycles. The highest BCUT2D eigenvalue weighted by molar-refractivity contribution is 6.30. The van der Waals surface area contributed by atoms with E-state index in [0.717, 1.165) is 35.9 Å². The molecular weight excluding hydrogens is 262 g/mol.